The van der Waals surface area contributed by atoms with Gasteiger partial charge in [-0.05, 0) is 37.6 Å². The number of amides is 1. The molecule has 0 aliphatic rings. The van der Waals surface area contributed by atoms with Gasteiger partial charge in [0.15, 0.2) is 0 Å². The third-order valence-electron chi connectivity index (χ3n) is 3.17. The Balaban J connectivity index is 2.23. The SMILES string of the molecule is CC(C)N(Cc1ccccc1)C(=O)c1cccc(O)c1. The number of aromatic hydroxyl groups is 1. The molecule has 2 rings (SSSR count). The minimum atomic E-state index is -0.0697. The fourth-order valence-electron chi connectivity index (χ4n) is 2.07. The van der Waals surface area contributed by atoms with Crippen molar-refractivity contribution in [2.75, 3.05) is 0 Å². The Morgan fingerprint density at radius 2 is 1.80 bits per heavy atom. The lowest BCUT2D eigenvalue weighted by Gasteiger charge is -2.27. The van der Waals surface area contributed by atoms with Gasteiger partial charge >= 0.3 is 0 Å². The average Bonchev–Trinajstić information content (AvgIpc) is 2.45. The van der Waals surface area contributed by atoms with E-state index in [0.717, 1.165) is 5.56 Å². The predicted molar refractivity (Wildman–Crippen MR) is 79.6 cm³/mol. The lowest BCUT2D eigenvalue weighted by atomic mass is 10.1. The van der Waals surface area contributed by atoms with Gasteiger partial charge in [-0.1, -0.05) is 36.4 Å². The van der Waals surface area contributed by atoms with Crippen LogP contribution in [0.2, 0.25) is 0 Å². The van der Waals surface area contributed by atoms with Crippen molar-refractivity contribution in [1.82, 2.24) is 4.90 Å². The molecule has 0 unspecified atom stereocenters. The lowest BCUT2D eigenvalue weighted by Crippen LogP contribution is -2.36. The predicted octanol–water partition coefficient (Wildman–Crippen LogP) is 3.44. The summed E-state index contributed by atoms with van der Waals surface area (Å²) < 4.78 is 0. The van der Waals surface area contributed by atoms with Crippen LogP contribution in [-0.4, -0.2) is 22.0 Å². The average molecular weight is 269 g/mol. The molecule has 0 aliphatic carbocycles. The highest BCUT2D eigenvalue weighted by molar-refractivity contribution is 5.94. The molecule has 0 radical (unpaired) electrons. The molecule has 104 valence electrons. The lowest BCUT2D eigenvalue weighted by molar-refractivity contribution is 0.0690. The highest BCUT2D eigenvalue weighted by Crippen LogP contribution is 2.16. The van der Waals surface area contributed by atoms with Crippen LogP contribution in [0.1, 0.15) is 29.8 Å². The summed E-state index contributed by atoms with van der Waals surface area (Å²) in [6.45, 7) is 4.54. The van der Waals surface area contributed by atoms with Crippen molar-refractivity contribution in [3.8, 4) is 5.75 Å². The Hall–Kier alpha value is -2.29. The van der Waals surface area contributed by atoms with Crippen molar-refractivity contribution in [3.05, 3.63) is 65.7 Å². The van der Waals surface area contributed by atoms with Crippen LogP contribution in [0.5, 0.6) is 5.75 Å². The third-order valence-corrected chi connectivity index (χ3v) is 3.17. The summed E-state index contributed by atoms with van der Waals surface area (Å²) in [6.07, 6.45) is 0. The standard InChI is InChI=1S/C17H19NO2/c1-13(2)18(12-14-7-4-3-5-8-14)17(20)15-9-6-10-16(19)11-15/h3-11,13,19H,12H2,1-2H3. The van der Waals surface area contributed by atoms with Gasteiger partial charge in [0.25, 0.3) is 5.91 Å². The number of phenols is 1. The minimum absolute atomic E-state index is 0.0697. The highest BCUT2D eigenvalue weighted by Gasteiger charge is 2.19. The molecule has 1 N–H and O–H groups in total. The van der Waals surface area contributed by atoms with Gasteiger partial charge in [-0.3, -0.25) is 4.79 Å². The van der Waals surface area contributed by atoms with E-state index in [1.165, 1.54) is 6.07 Å². The van der Waals surface area contributed by atoms with Gasteiger partial charge in [-0.25, -0.2) is 0 Å². The van der Waals surface area contributed by atoms with Crippen molar-refractivity contribution in [2.24, 2.45) is 0 Å². The molecule has 0 saturated carbocycles. The summed E-state index contributed by atoms with van der Waals surface area (Å²) in [4.78, 5) is 14.4. The van der Waals surface area contributed by atoms with E-state index in [1.807, 2.05) is 44.2 Å². The number of carbonyl (C=O) groups is 1. The molecular formula is C17H19NO2. The first-order chi connectivity index (χ1) is 9.58. The first-order valence-corrected chi connectivity index (χ1v) is 6.72. The molecule has 0 atom stereocenters. The molecule has 3 heteroatoms. The zero-order valence-electron chi connectivity index (χ0n) is 11.8. The molecule has 0 saturated heterocycles. The van der Waals surface area contributed by atoms with E-state index in [1.54, 1.807) is 23.1 Å². The number of rotatable bonds is 4. The first-order valence-electron chi connectivity index (χ1n) is 6.72. The largest absolute Gasteiger partial charge is 0.508 e. The Kier molecular flexibility index (Phi) is 4.41. The van der Waals surface area contributed by atoms with E-state index in [4.69, 9.17) is 0 Å². The van der Waals surface area contributed by atoms with Gasteiger partial charge in [0.1, 0.15) is 5.75 Å². The maximum Gasteiger partial charge on any atom is 0.254 e. The zero-order chi connectivity index (χ0) is 14.5. The van der Waals surface area contributed by atoms with Gasteiger partial charge in [0, 0.05) is 18.2 Å². The maximum absolute atomic E-state index is 12.6. The van der Waals surface area contributed by atoms with E-state index >= 15 is 0 Å². The summed E-state index contributed by atoms with van der Waals surface area (Å²) in [5, 5.41) is 9.50. The van der Waals surface area contributed by atoms with Crippen LogP contribution in [0.25, 0.3) is 0 Å². The summed E-state index contributed by atoms with van der Waals surface area (Å²) in [5.41, 5.74) is 1.60. The smallest absolute Gasteiger partial charge is 0.254 e. The van der Waals surface area contributed by atoms with E-state index < -0.39 is 0 Å². The van der Waals surface area contributed by atoms with Crippen molar-refractivity contribution in [3.63, 3.8) is 0 Å². The van der Waals surface area contributed by atoms with Crippen LogP contribution in [0, 0.1) is 0 Å². The van der Waals surface area contributed by atoms with Gasteiger partial charge in [-0.2, -0.15) is 0 Å². The number of nitrogens with zero attached hydrogens (tertiary/aromatic N) is 1. The van der Waals surface area contributed by atoms with Gasteiger partial charge < -0.3 is 10.0 Å². The zero-order valence-corrected chi connectivity index (χ0v) is 11.8. The Labute approximate surface area is 119 Å². The molecule has 0 aliphatic heterocycles. The Morgan fingerprint density at radius 1 is 1.10 bits per heavy atom. The summed E-state index contributed by atoms with van der Waals surface area (Å²) in [7, 11) is 0. The van der Waals surface area contributed by atoms with Crippen molar-refractivity contribution in [1.29, 1.82) is 0 Å². The normalized spacial score (nSPS) is 10.6. The number of benzene rings is 2. The van der Waals surface area contributed by atoms with E-state index in [-0.39, 0.29) is 17.7 Å². The van der Waals surface area contributed by atoms with E-state index in [0.29, 0.717) is 12.1 Å². The van der Waals surface area contributed by atoms with Gasteiger partial charge in [-0.15, -0.1) is 0 Å². The molecule has 0 bridgehead atoms. The maximum atomic E-state index is 12.6. The van der Waals surface area contributed by atoms with E-state index in [2.05, 4.69) is 0 Å². The summed E-state index contributed by atoms with van der Waals surface area (Å²) >= 11 is 0. The molecule has 0 aromatic heterocycles. The molecular weight excluding hydrogens is 250 g/mol. The van der Waals surface area contributed by atoms with Crippen LogP contribution in [0.4, 0.5) is 0 Å². The molecule has 0 spiro atoms. The summed E-state index contributed by atoms with van der Waals surface area (Å²) in [6, 6.07) is 16.5. The fourth-order valence-corrected chi connectivity index (χ4v) is 2.07. The second-order valence-corrected chi connectivity index (χ2v) is 5.06. The highest BCUT2D eigenvalue weighted by atomic mass is 16.3. The number of phenolic OH excluding ortho intramolecular Hbond substituents is 1. The second-order valence-electron chi connectivity index (χ2n) is 5.06. The number of hydrogen-bond donors (Lipinski definition) is 1. The Morgan fingerprint density at radius 3 is 2.40 bits per heavy atom. The van der Waals surface area contributed by atoms with Crippen LogP contribution >= 0.6 is 0 Å². The van der Waals surface area contributed by atoms with Crippen LogP contribution in [0.3, 0.4) is 0 Å². The van der Waals surface area contributed by atoms with Gasteiger partial charge in [0.2, 0.25) is 0 Å². The monoisotopic (exact) mass is 269 g/mol. The van der Waals surface area contributed by atoms with Crippen LogP contribution < -0.4 is 0 Å². The topological polar surface area (TPSA) is 40.5 Å². The van der Waals surface area contributed by atoms with Crippen LogP contribution in [-0.2, 0) is 6.54 Å². The van der Waals surface area contributed by atoms with Crippen molar-refractivity contribution >= 4 is 5.91 Å². The quantitative estimate of drug-likeness (QED) is 0.923. The van der Waals surface area contributed by atoms with Gasteiger partial charge in [0.05, 0.1) is 0 Å². The molecule has 0 fully saturated rings. The first kappa shape index (κ1) is 14.1. The van der Waals surface area contributed by atoms with E-state index in [9.17, 15) is 9.90 Å². The summed E-state index contributed by atoms with van der Waals surface area (Å²) in [5.74, 6) is 0.0408. The van der Waals surface area contributed by atoms with Crippen molar-refractivity contribution < 1.29 is 9.90 Å². The molecule has 2 aromatic carbocycles. The minimum Gasteiger partial charge on any atom is -0.508 e. The number of hydrogen-bond acceptors (Lipinski definition) is 2. The third kappa shape index (κ3) is 3.38. The fraction of sp³-hybridized carbons (Fsp3) is 0.235. The molecule has 1 amide bonds. The molecule has 0 heterocycles. The van der Waals surface area contributed by atoms with Crippen LogP contribution in [0.15, 0.2) is 54.6 Å². The molecule has 2 aromatic rings. The molecule has 20 heavy (non-hydrogen) atoms. The molecule has 3 nitrogen and oxygen atoms in total. The van der Waals surface area contributed by atoms with Crippen molar-refractivity contribution in [2.45, 2.75) is 26.4 Å². The number of carbonyl (C=O) groups excluding carboxylic acids is 1. The Bertz CT molecular complexity index is 579. The second kappa shape index (κ2) is 6.24.